The van der Waals surface area contributed by atoms with Crippen LogP contribution in [0, 0.1) is 11.3 Å². The Morgan fingerprint density at radius 2 is 2.25 bits per heavy atom. The molecule has 4 heteroatoms. The Balaban J connectivity index is 2.15. The zero-order valence-electron chi connectivity index (χ0n) is 8.31. The van der Waals surface area contributed by atoms with Crippen molar-refractivity contribution in [3.05, 3.63) is 52.9 Å². The molecule has 16 heavy (non-hydrogen) atoms. The summed E-state index contributed by atoms with van der Waals surface area (Å²) < 4.78 is 10.6. The van der Waals surface area contributed by atoms with E-state index in [0.29, 0.717) is 22.1 Å². The number of furan rings is 1. The number of rotatable bonds is 3. The molecule has 1 aromatic carbocycles. The summed E-state index contributed by atoms with van der Waals surface area (Å²) in [7, 11) is 0. The molecule has 0 spiro atoms. The largest absolute Gasteiger partial charge is 0.484 e. The van der Waals surface area contributed by atoms with Gasteiger partial charge in [-0.25, -0.2) is 0 Å². The number of halogens is 1. The first kappa shape index (κ1) is 10.6. The monoisotopic (exact) mass is 233 g/mol. The average molecular weight is 234 g/mol. The number of hydrogen-bond donors (Lipinski definition) is 0. The highest BCUT2D eigenvalue weighted by molar-refractivity contribution is 6.30. The van der Waals surface area contributed by atoms with E-state index in [1.165, 1.54) is 0 Å². The molecule has 0 N–H and O–H groups in total. The first-order valence-corrected chi connectivity index (χ1v) is 5.02. The van der Waals surface area contributed by atoms with Crippen molar-refractivity contribution < 1.29 is 9.15 Å². The van der Waals surface area contributed by atoms with E-state index < -0.39 is 0 Å². The maximum atomic E-state index is 8.87. The quantitative estimate of drug-likeness (QED) is 0.816. The molecule has 0 aliphatic carbocycles. The second-order valence-electron chi connectivity index (χ2n) is 3.12. The van der Waals surface area contributed by atoms with Gasteiger partial charge >= 0.3 is 0 Å². The van der Waals surface area contributed by atoms with Gasteiger partial charge in [0.2, 0.25) is 0 Å². The van der Waals surface area contributed by atoms with Crippen molar-refractivity contribution in [2.75, 3.05) is 0 Å². The van der Waals surface area contributed by atoms with Crippen molar-refractivity contribution in [2.24, 2.45) is 0 Å². The Hall–Kier alpha value is -1.92. The molecule has 0 fully saturated rings. The lowest BCUT2D eigenvalue weighted by molar-refractivity contribution is 0.269. The van der Waals surface area contributed by atoms with Crippen LogP contribution in [0.4, 0.5) is 0 Å². The third kappa shape index (κ3) is 2.36. The number of nitrogens with zero attached hydrogens (tertiary/aromatic N) is 1. The molecule has 1 aromatic heterocycles. The van der Waals surface area contributed by atoms with Gasteiger partial charge in [-0.3, -0.25) is 0 Å². The second-order valence-corrected chi connectivity index (χ2v) is 3.56. The van der Waals surface area contributed by atoms with Crippen LogP contribution in [-0.4, -0.2) is 0 Å². The summed E-state index contributed by atoms with van der Waals surface area (Å²) in [5.74, 6) is 1.16. The first-order chi connectivity index (χ1) is 7.79. The molecule has 0 unspecified atom stereocenters. The standard InChI is InChI=1S/C12H8ClNO2/c13-10-4-3-9(7-14)12(6-10)16-8-11-2-1-5-15-11/h1-6H,8H2. The predicted octanol–water partition coefficient (Wildman–Crippen LogP) is 3.38. The maximum absolute atomic E-state index is 8.87. The van der Waals surface area contributed by atoms with Gasteiger partial charge in [0.15, 0.2) is 0 Å². The number of benzene rings is 1. The molecule has 0 saturated heterocycles. The summed E-state index contributed by atoms with van der Waals surface area (Å²) in [5.41, 5.74) is 0.455. The van der Waals surface area contributed by atoms with Crippen molar-refractivity contribution in [1.82, 2.24) is 0 Å². The molecule has 3 nitrogen and oxygen atoms in total. The Morgan fingerprint density at radius 3 is 2.94 bits per heavy atom. The average Bonchev–Trinajstić information content (AvgIpc) is 2.79. The van der Waals surface area contributed by atoms with Gasteiger partial charge in [-0.15, -0.1) is 0 Å². The van der Waals surface area contributed by atoms with E-state index in [-0.39, 0.29) is 6.61 Å². The van der Waals surface area contributed by atoms with E-state index in [0.717, 1.165) is 0 Å². The summed E-state index contributed by atoms with van der Waals surface area (Å²) in [4.78, 5) is 0. The minimum Gasteiger partial charge on any atom is -0.484 e. The Labute approximate surface area is 97.8 Å². The van der Waals surface area contributed by atoms with Crippen LogP contribution in [0.15, 0.2) is 41.0 Å². The third-order valence-electron chi connectivity index (χ3n) is 2.01. The fourth-order valence-electron chi connectivity index (χ4n) is 1.25. The third-order valence-corrected chi connectivity index (χ3v) is 2.25. The highest BCUT2D eigenvalue weighted by atomic mass is 35.5. The van der Waals surface area contributed by atoms with Gasteiger partial charge in [0, 0.05) is 11.1 Å². The smallest absolute Gasteiger partial charge is 0.146 e. The number of ether oxygens (including phenoxy) is 1. The van der Waals surface area contributed by atoms with E-state index in [9.17, 15) is 0 Å². The van der Waals surface area contributed by atoms with Crippen LogP contribution < -0.4 is 4.74 Å². The van der Waals surface area contributed by atoms with E-state index in [2.05, 4.69) is 0 Å². The molecule has 80 valence electrons. The molecule has 1 heterocycles. The summed E-state index contributed by atoms with van der Waals surface area (Å²) >= 11 is 5.82. The molecule has 0 bridgehead atoms. The van der Waals surface area contributed by atoms with Crippen LogP contribution in [0.1, 0.15) is 11.3 Å². The molecule has 0 saturated carbocycles. The van der Waals surface area contributed by atoms with Crippen LogP contribution in [-0.2, 0) is 6.61 Å². The Kier molecular flexibility index (Phi) is 3.13. The van der Waals surface area contributed by atoms with Gasteiger partial charge in [-0.05, 0) is 24.3 Å². The predicted molar refractivity (Wildman–Crippen MR) is 59.2 cm³/mol. The molecule has 2 rings (SSSR count). The molecule has 0 atom stereocenters. The van der Waals surface area contributed by atoms with Gasteiger partial charge in [0.1, 0.15) is 24.2 Å². The van der Waals surface area contributed by atoms with Crippen LogP contribution in [0.3, 0.4) is 0 Å². The molecule has 0 amide bonds. The normalized spacial score (nSPS) is 9.75. The second kappa shape index (κ2) is 4.73. The highest BCUT2D eigenvalue weighted by Gasteiger charge is 2.05. The van der Waals surface area contributed by atoms with Crippen molar-refractivity contribution in [3.63, 3.8) is 0 Å². The summed E-state index contributed by atoms with van der Waals surface area (Å²) in [6, 6.07) is 10.5. The van der Waals surface area contributed by atoms with E-state index >= 15 is 0 Å². The van der Waals surface area contributed by atoms with Gasteiger partial charge in [0.05, 0.1) is 11.8 Å². The SMILES string of the molecule is N#Cc1ccc(Cl)cc1OCc1ccco1. The van der Waals surface area contributed by atoms with Crippen molar-refractivity contribution in [3.8, 4) is 11.8 Å². The first-order valence-electron chi connectivity index (χ1n) is 4.64. The van der Waals surface area contributed by atoms with E-state index in [1.54, 1.807) is 36.6 Å². The molecule has 2 aromatic rings. The van der Waals surface area contributed by atoms with Gasteiger partial charge < -0.3 is 9.15 Å². The van der Waals surface area contributed by atoms with E-state index in [1.807, 2.05) is 6.07 Å². The number of nitriles is 1. The van der Waals surface area contributed by atoms with Crippen molar-refractivity contribution in [2.45, 2.75) is 6.61 Å². The summed E-state index contributed by atoms with van der Waals surface area (Å²) in [5, 5.41) is 9.41. The molecular weight excluding hydrogens is 226 g/mol. The zero-order chi connectivity index (χ0) is 11.4. The van der Waals surface area contributed by atoms with E-state index in [4.69, 9.17) is 26.0 Å². The van der Waals surface area contributed by atoms with Gasteiger partial charge in [-0.2, -0.15) is 5.26 Å². The minimum absolute atomic E-state index is 0.280. The lowest BCUT2D eigenvalue weighted by Crippen LogP contribution is -1.95. The molecule has 0 aliphatic rings. The molecule has 0 radical (unpaired) electrons. The fourth-order valence-corrected chi connectivity index (χ4v) is 1.41. The van der Waals surface area contributed by atoms with Gasteiger partial charge in [-0.1, -0.05) is 11.6 Å². The Bertz CT molecular complexity index is 514. The summed E-state index contributed by atoms with van der Waals surface area (Å²) in [6.45, 7) is 0.280. The van der Waals surface area contributed by atoms with Gasteiger partial charge in [0.25, 0.3) is 0 Å². The van der Waals surface area contributed by atoms with Crippen LogP contribution in [0.2, 0.25) is 5.02 Å². The van der Waals surface area contributed by atoms with Crippen LogP contribution >= 0.6 is 11.6 Å². The van der Waals surface area contributed by atoms with Crippen LogP contribution in [0.25, 0.3) is 0 Å². The minimum atomic E-state index is 0.280. The van der Waals surface area contributed by atoms with Crippen molar-refractivity contribution >= 4 is 11.6 Å². The van der Waals surface area contributed by atoms with Crippen LogP contribution in [0.5, 0.6) is 5.75 Å². The van der Waals surface area contributed by atoms with Crippen molar-refractivity contribution in [1.29, 1.82) is 5.26 Å². The topological polar surface area (TPSA) is 46.2 Å². The lowest BCUT2D eigenvalue weighted by atomic mass is 10.2. The highest BCUT2D eigenvalue weighted by Crippen LogP contribution is 2.23. The zero-order valence-corrected chi connectivity index (χ0v) is 9.07. The maximum Gasteiger partial charge on any atom is 0.146 e. The fraction of sp³-hybridized carbons (Fsp3) is 0.0833. The molecular formula is C12H8ClNO2. The Morgan fingerprint density at radius 1 is 1.38 bits per heavy atom. The molecule has 0 aliphatic heterocycles. The number of hydrogen-bond acceptors (Lipinski definition) is 3. The lowest BCUT2D eigenvalue weighted by Gasteiger charge is -2.06. The summed E-state index contributed by atoms with van der Waals surface area (Å²) in [6.07, 6.45) is 1.57.